The van der Waals surface area contributed by atoms with Gasteiger partial charge in [0.1, 0.15) is 5.75 Å². The maximum absolute atomic E-state index is 12.8. The molecule has 0 aliphatic rings. The molecular weight excluding hydrogens is 438 g/mol. The van der Waals surface area contributed by atoms with E-state index in [-0.39, 0.29) is 29.5 Å². The molecule has 1 atom stereocenters. The van der Waals surface area contributed by atoms with E-state index in [0.717, 1.165) is 5.56 Å². The average molecular weight is 468 g/mol. The highest BCUT2D eigenvalue weighted by molar-refractivity contribution is 7.99. The lowest BCUT2D eigenvalue weighted by molar-refractivity contribution is -0.113. The van der Waals surface area contributed by atoms with Gasteiger partial charge in [-0.2, -0.15) is 0 Å². The molecular formula is C24H29N5O3S. The van der Waals surface area contributed by atoms with E-state index < -0.39 is 0 Å². The molecule has 2 aromatic carbocycles. The number of carbonyl (C=O) groups is 2. The van der Waals surface area contributed by atoms with Crippen LogP contribution in [-0.2, 0) is 11.8 Å². The lowest BCUT2D eigenvalue weighted by Crippen LogP contribution is -2.33. The monoisotopic (exact) mass is 467 g/mol. The van der Waals surface area contributed by atoms with Crippen molar-refractivity contribution in [3.63, 3.8) is 0 Å². The number of carbonyl (C=O) groups excluding carboxylic acids is 2. The molecule has 3 aromatic rings. The Morgan fingerprint density at radius 1 is 1.09 bits per heavy atom. The number of aromatic nitrogens is 3. The predicted octanol–water partition coefficient (Wildman–Crippen LogP) is 3.99. The first-order valence-electron chi connectivity index (χ1n) is 10.6. The van der Waals surface area contributed by atoms with Crippen molar-refractivity contribution in [3.05, 3.63) is 65.5 Å². The number of hydrogen-bond donors (Lipinski definition) is 2. The average Bonchev–Trinajstić information content (AvgIpc) is 3.16. The van der Waals surface area contributed by atoms with Gasteiger partial charge in [-0.05, 0) is 37.1 Å². The number of aryl methyl sites for hydroxylation is 1. The molecule has 0 radical (unpaired) electrons. The second kappa shape index (κ2) is 11.0. The van der Waals surface area contributed by atoms with Crippen LogP contribution >= 0.6 is 11.8 Å². The van der Waals surface area contributed by atoms with Crippen molar-refractivity contribution < 1.29 is 14.3 Å². The Bertz CT molecular complexity index is 1110. The SMILES string of the molecule is COc1ccccc1NC(=O)CSc1nnc([C@H](NC(=O)c2ccc(C)cc2)C(C)C)n1C. The van der Waals surface area contributed by atoms with E-state index in [9.17, 15) is 9.59 Å². The van der Waals surface area contributed by atoms with Crippen molar-refractivity contribution >= 4 is 29.3 Å². The summed E-state index contributed by atoms with van der Waals surface area (Å²) in [5, 5.41) is 15.1. The summed E-state index contributed by atoms with van der Waals surface area (Å²) in [5.74, 6) is 1.14. The van der Waals surface area contributed by atoms with Crippen molar-refractivity contribution in [1.82, 2.24) is 20.1 Å². The van der Waals surface area contributed by atoms with Crippen LogP contribution in [0.3, 0.4) is 0 Å². The second-order valence-electron chi connectivity index (χ2n) is 8.00. The Kier molecular flexibility index (Phi) is 8.11. The zero-order valence-corrected chi connectivity index (χ0v) is 20.3. The van der Waals surface area contributed by atoms with E-state index in [1.165, 1.54) is 11.8 Å². The van der Waals surface area contributed by atoms with Gasteiger partial charge >= 0.3 is 0 Å². The van der Waals surface area contributed by atoms with Crippen molar-refractivity contribution in [3.8, 4) is 5.75 Å². The standard InChI is InChI=1S/C24H29N5O3S/c1-15(2)21(26-23(31)17-12-10-16(3)11-13-17)22-27-28-24(29(22)4)33-14-20(30)25-18-8-6-7-9-19(18)32-5/h6-13,15,21H,14H2,1-5H3,(H,25,30)(H,26,31)/t21-/m1/s1. The number of nitrogens with one attached hydrogen (secondary N) is 2. The third-order valence-corrected chi connectivity index (χ3v) is 6.15. The summed E-state index contributed by atoms with van der Waals surface area (Å²) >= 11 is 1.28. The van der Waals surface area contributed by atoms with E-state index in [0.29, 0.717) is 28.0 Å². The highest BCUT2D eigenvalue weighted by atomic mass is 32.2. The maximum Gasteiger partial charge on any atom is 0.251 e. The molecule has 1 aromatic heterocycles. The van der Waals surface area contributed by atoms with Gasteiger partial charge in [0.05, 0.1) is 24.6 Å². The van der Waals surface area contributed by atoms with Gasteiger partial charge in [-0.25, -0.2) is 0 Å². The zero-order chi connectivity index (χ0) is 24.0. The molecule has 0 aliphatic carbocycles. The quantitative estimate of drug-likeness (QED) is 0.462. The van der Waals surface area contributed by atoms with E-state index >= 15 is 0 Å². The van der Waals surface area contributed by atoms with Gasteiger partial charge in [0.15, 0.2) is 11.0 Å². The van der Waals surface area contributed by atoms with Gasteiger partial charge in [0, 0.05) is 12.6 Å². The Balaban J connectivity index is 1.66. The van der Waals surface area contributed by atoms with Crippen LogP contribution < -0.4 is 15.4 Å². The minimum Gasteiger partial charge on any atom is -0.495 e. The fraction of sp³-hybridized carbons (Fsp3) is 0.333. The van der Waals surface area contributed by atoms with Crippen LogP contribution in [0, 0.1) is 12.8 Å². The molecule has 9 heteroatoms. The number of rotatable bonds is 9. The van der Waals surface area contributed by atoms with E-state index in [1.807, 2.05) is 56.7 Å². The number of nitrogens with zero attached hydrogens (tertiary/aromatic N) is 3. The van der Waals surface area contributed by atoms with E-state index in [1.54, 1.807) is 31.4 Å². The first-order chi connectivity index (χ1) is 15.8. The first-order valence-corrected chi connectivity index (χ1v) is 11.6. The van der Waals surface area contributed by atoms with Crippen molar-refractivity contribution in [2.75, 3.05) is 18.2 Å². The minimum atomic E-state index is -0.326. The smallest absolute Gasteiger partial charge is 0.251 e. The van der Waals surface area contributed by atoms with Crippen LogP contribution in [0.4, 0.5) is 5.69 Å². The van der Waals surface area contributed by atoms with Crippen molar-refractivity contribution in [2.24, 2.45) is 13.0 Å². The fourth-order valence-corrected chi connectivity index (χ4v) is 3.96. The molecule has 174 valence electrons. The largest absolute Gasteiger partial charge is 0.495 e. The summed E-state index contributed by atoms with van der Waals surface area (Å²) < 4.78 is 7.09. The molecule has 3 rings (SSSR count). The van der Waals surface area contributed by atoms with E-state index in [2.05, 4.69) is 20.8 Å². The van der Waals surface area contributed by atoms with Crippen molar-refractivity contribution in [2.45, 2.75) is 32.0 Å². The number of anilines is 1. The molecule has 8 nitrogen and oxygen atoms in total. The second-order valence-corrected chi connectivity index (χ2v) is 8.94. The molecule has 0 saturated heterocycles. The highest BCUT2D eigenvalue weighted by Crippen LogP contribution is 2.26. The molecule has 0 fully saturated rings. The van der Waals surface area contributed by atoms with Crippen LogP contribution in [-0.4, -0.2) is 39.4 Å². The van der Waals surface area contributed by atoms with Gasteiger partial charge in [-0.15, -0.1) is 10.2 Å². The van der Waals surface area contributed by atoms with Crippen molar-refractivity contribution in [1.29, 1.82) is 0 Å². The van der Waals surface area contributed by atoms with E-state index in [4.69, 9.17) is 4.74 Å². The van der Waals surface area contributed by atoms with Crippen LogP contribution in [0.2, 0.25) is 0 Å². The number of hydrogen-bond acceptors (Lipinski definition) is 6. The Labute approximate surface area is 198 Å². The summed E-state index contributed by atoms with van der Waals surface area (Å²) in [6.07, 6.45) is 0. The first kappa shape index (κ1) is 24.3. The number of amides is 2. The molecule has 0 saturated carbocycles. The third kappa shape index (κ3) is 6.13. The Hall–Kier alpha value is -3.33. The highest BCUT2D eigenvalue weighted by Gasteiger charge is 2.25. The van der Waals surface area contributed by atoms with Gasteiger partial charge < -0.3 is 19.9 Å². The summed E-state index contributed by atoms with van der Waals surface area (Å²) in [6, 6.07) is 14.3. The number of methoxy groups -OCH3 is 1. The van der Waals surface area contributed by atoms with Crippen LogP contribution in [0.1, 0.15) is 41.6 Å². The number of ether oxygens (including phenoxy) is 1. The Morgan fingerprint density at radius 3 is 2.45 bits per heavy atom. The fourth-order valence-electron chi connectivity index (χ4n) is 3.25. The van der Waals surface area contributed by atoms with Gasteiger partial charge in [-0.1, -0.05) is 55.4 Å². The molecule has 33 heavy (non-hydrogen) atoms. The topological polar surface area (TPSA) is 98.1 Å². The molecule has 0 aliphatic heterocycles. The summed E-state index contributed by atoms with van der Waals surface area (Å²) in [7, 11) is 3.40. The molecule has 0 spiro atoms. The summed E-state index contributed by atoms with van der Waals surface area (Å²) in [6.45, 7) is 6.01. The number of benzene rings is 2. The maximum atomic E-state index is 12.8. The molecule has 1 heterocycles. The third-order valence-electron chi connectivity index (χ3n) is 5.13. The van der Waals surface area contributed by atoms with Crippen LogP contribution in [0.5, 0.6) is 5.75 Å². The van der Waals surface area contributed by atoms with Crippen LogP contribution in [0.25, 0.3) is 0 Å². The summed E-state index contributed by atoms with van der Waals surface area (Å²) in [4.78, 5) is 25.2. The lowest BCUT2D eigenvalue weighted by atomic mass is 10.0. The zero-order valence-electron chi connectivity index (χ0n) is 19.5. The molecule has 0 bridgehead atoms. The molecule has 2 amide bonds. The Morgan fingerprint density at radius 2 is 1.79 bits per heavy atom. The lowest BCUT2D eigenvalue weighted by Gasteiger charge is -2.21. The number of para-hydroxylation sites is 2. The minimum absolute atomic E-state index is 0.0917. The van der Waals surface area contributed by atoms with Gasteiger partial charge in [0.25, 0.3) is 5.91 Å². The molecule has 2 N–H and O–H groups in total. The summed E-state index contributed by atoms with van der Waals surface area (Å²) in [5.41, 5.74) is 2.30. The van der Waals surface area contributed by atoms with Gasteiger partial charge in [-0.3, -0.25) is 9.59 Å². The predicted molar refractivity (Wildman–Crippen MR) is 130 cm³/mol. The number of thioether (sulfide) groups is 1. The van der Waals surface area contributed by atoms with Crippen LogP contribution in [0.15, 0.2) is 53.7 Å². The molecule has 0 unspecified atom stereocenters. The van der Waals surface area contributed by atoms with Gasteiger partial charge in [0.2, 0.25) is 5.91 Å². The normalized spacial score (nSPS) is 11.8.